The third-order valence-corrected chi connectivity index (χ3v) is 2.97. The molecule has 5 heteroatoms. The topological polar surface area (TPSA) is 61.8 Å². The Morgan fingerprint density at radius 2 is 2.00 bits per heavy atom. The second-order valence-corrected chi connectivity index (χ2v) is 6.00. The molecule has 0 aromatic carbocycles. The molecule has 5 nitrogen and oxygen atoms in total. The molecule has 2 rings (SSSR count). The molecule has 17 heavy (non-hydrogen) atoms. The van der Waals surface area contributed by atoms with Crippen LogP contribution in [0.15, 0.2) is 0 Å². The lowest BCUT2D eigenvalue weighted by Gasteiger charge is -2.24. The highest BCUT2D eigenvalue weighted by Gasteiger charge is 2.38. The van der Waals surface area contributed by atoms with Crippen molar-refractivity contribution in [3.8, 4) is 0 Å². The van der Waals surface area contributed by atoms with E-state index in [9.17, 15) is 9.90 Å². The van der Waals surface area contributed by atoms with Gasteiger partial charge in [-0.05, 0) is 33.6 Å². The molecule has 1 heterocycles. The number of amides is 1. The Kier molecular flexibility index (Phi) is 3.32. The van der Waals surface area contributed by atoms with Gasteiger partial charge in [-0.15, -0.1) is 0 Å². The van der Waals surface area contributed by atoms with Gasteiger partial charge < -0.3 is 20.1 Å². The lowest BCUT2D eigenvalue weighted by atomic mass is 10.2. The van der Waals surface area contributed by atoms with Crippen LogP contribution >= 0.6 is 0 Å². The molecule has 2 aliphatic rings. The van der Waals surface area contributed by atoms with Gasteiger partial charge in [0.1, 0.15) is 5.60 Å². The highest BCUT2D eigenvalue weighted by atomic mass is 16.6. The van der Waals surface area contributed by atoms with E-state index in [1.54, 1.807) is 4.90 Å². The van der Waals surface area contributed by atoms with E-state index in [0.29, 0.717) is 19.1 Å². The van der Waals surface area contributed by atoms with E-state index < -0.39 is 11.7 Å². The van der Waals surface area contributed by atoms with Crippen LogP contribution in [0.1, 0.15) is 33.6 Å². The van der Waals surface area contributed by atoms with Crippen molar-refractivity contribution < 1.29 is 14.6 Å². The van der Waals surface area contributed by atoms with E-state index >= 15 is 0 Å². The molecule has 0 unspecified atom stereocenters. The number of β-amino-alcohol motifs (C(OH)–C–C–N with tert-alkyl or cyclic N) is 1. The van der Waals surface area contributed by atoms with Crippen LogP contribution in [0, 0.1) is 0 Å². The fourth-order valence-electron chi connectivity index (χ4n) is 1.98. The summed E-state index contributed by atoms with van der Waals surface area (Å²) in [5.74, 6) is 0. The Balaban J connectivity index is 1.84. The zero-order chi connectivity index (χ0) is 12.6. The monoisotopic (exact) mass is 242 g/mol. The molecular formula is C12H22N2O3. The Labute approximate surface area is 102 Å². The third-order valence-electron chi connectivity index (χ3n) is 2.97. The first-order valence-corrected chi connectivity index (χ1v) is 6.27. The summed E-state index contributed by atoms with van der Waals surface area (Å²) in [4.78, 5) is 13.4. The Hall–Kier alpha value is -0.810. The van der Waals surface area contributed by atoms with Gasteiger partial charge in [0, 0.05) is 12.6 Å². The van der Waals surface area contributed by atoms with E-state index in [2.05, 4.69) is 5.32 Å². The number of carbonyl (C=O) groups excluding carboxylic acids is 1. The van der Waals surface area contributed by atoms with Gasteiger partial charge in [-0.3, -0.25) is 0 Å². The lowest BCUT2D eigenvalue weighted by molar-refractivity contribution is 0.0270. The predicted molar refractivity (Wildman–Crippen MR) is 63.8 cm³/mol. The quantitative estimate of drug-likeness (QED) is 0.749. The number of hydrogen-bond donors (Lipinski definition) is 2. The summed E-state index contributed by atoms with van der Waals surface area (Å²) in [6.07, 6.45) is 1.53. The summed E-state index contributed by atoms with van der Waals surface area (Å²) < 4.78 is 5.29. The van der Waals surface area contributed by atoms with E-state index in [0.717, 1.165) is 0 Å². The van der Waals surface area contributed by atoms with E-state index in [1.807, 2.05) is 20.8 Å². The van der Waals surface area contributed by atoms with Gasteiger partial charge in [0.25, 0.3) is 0 Å². The number of aliphatic hydroxyl groups is 1. The number of carbonyl (C=O) groups is 1. The molecule has 0 spiro atoms. The number of aliphatic hydroxyl groups excluding tert-OH is 1. The molecule has 1 aliphatic heterocycles. The summed E-state index contributed by atoms with van der Waals surface area (Å²) in [6.45, 7) is 6.43. The predicted octanol–water partition coefficient (Wildman–Crippen LogP) is 0.719. The van der Waals surface area contributed by atoms with Gasteiger partial charge in [-0.25, -0.2) is 4.79 Å². The summed E-state index contributed by atoms with van der Waals surface area (Å²) in [5.41, 5.74) is -0.482. The van der Waals surface area contributed by atoms with Crippen molar-refractivity contribution >= 4 is 6.09 Å². The SMILES string of the molecule is CC(C)(C)OC(=O)N1C[C@@H](O)[C@H](NC2CC2)C1. The van der Waals surface area contributed by atoms with Crippen LogP contribution in [-0.2, 0) is 4.74 Å². The molecule has 1 saturated carbocycles. The van der Waals surface area contributed by atoms with E-state index in [1.165, 1.54) is 12.8 Å². The maximum atomic E-state index is 11.8. The number of nitrogens with one attached hydrogen (secondary N) is 1. The fraction of sp³-hybridized carbons (Fsp3) is 0.917. The molecule has 98 valence electrons. The molecule has 1 amide bonds. The fourth-order valence-corrected chi connectivity index (χ4v) is 1.98. The molecule has 0 bridgehead atoms. The molecule has 0 aromatic rings. The van der Waals surface area contributed by atoms with E-state index in [-0.39, 0.29) is 12.1 Å². The van der Waals surface area contributed by atoms with Gasteiger partial charge in [0.2, 0.25) is 0 Å². The number of likely N-dealkylation sites (tertiary alicyclic amines) is 1. The highest BCUT2D eigenvalue weighted by molar-refractivity contribution is 5.68. The minimum absolute atomic E-state index is 0.00461. The highest BCUT2D eigenvalue weighted by Crippen LogP contribution is 2.23. The zero-order valence-corrected chi connectivity index (χ0v) is 10.8. The first-order valence-electron chi connectivity index (χ1n) is 6.27. The lowest BCUT2D eigenvalue weighted by Crippen LogP contribution is -2.41. The average Bonchev–Trinajstić information content (AvgIpc) is 2.89. The van der Waals surface area contributed by atoms with E-state index in [4.69, 9.17) is 4.74 Å². The van der Waals surface area contributed by atoms with Crippen molar-refractivity contribution in [2.45, 2.75) is 57.4 Å². The van der Waals surface area contributed by atoms with Gasteiger partial charge in [-0.2, -0.15) is 0 Å². The van der Waals surface area contributed by atoms with Crippen molar-refractivity contribution in [3.05, 3.63) is 0 Å². The largest absolute Gasteiger partial charge is 0.444 e. The summed E-state index contributed by atoms with van der Waals surface area (Å²) in [7, 11) is 0. The number of hydrogen-bond acceptors (Lipinski definition) is 4. The average molecular weight is 242 g/mol. The Morgan fingerprint density at radius 1 is 1.35 bits per heavy atom. The van der Waals surface area contributed by atoms with Gasteiger partial charge in [0.05, 0.1) is 18.7 Å². The van der Waals surface area contributed by atoms with Crippen molar-refractivity contribution in [1.82, 2.24) is 10.2 Å². The number of ether oxygens (including phenoxy) is 1. The molecule has 2 N–H and O–H groups in total. The molecule has 0 aromatic heterocycles. The first kappa shape index (κ1) is 12.6. The Bertz CT molecular complexity index is 297. The second kappa shape index (κ2) is 4.46. The van der Waals surface area contributed by atoms with Gasteiger partial charge in [-0.1, -0.05) is 0 Å². The van der Waals surface area contributed by atoms with Crippen LogP contribution in [0.3, 0.4) is 0 Å². The van der Waals surface area contributed by atoms with Crippen molar-refractivity contribution in [2.75, 3.05) is 13.1 Å². The summed E-state index contributed by atoms with van der Waals surface area (Å²) >= 11 is 0. The number of nitrogens with zero attached hydrogens (tertiary/aromatic N) is 1. The molecule has 0 radical (unpaired) electrons. The molecule has 1 saturated heterocycles. The summed E-state index contributed by atoms with van der Waals surface area (Å²) in [5, 5.41) is 13.2. The van der Waals surface area contributed by atoms with Crippen LogP contribution in [-0.4, -0.2) is 53.0 Å². The van der Waals surface area contributed by atoms with Crippen LogP contribution in [0.2, 0.25) is 0 Å². The minimum atomic E-state index is -0.483. The van der Waals surface area contributed by atoms with Crippen LogP contribution < -0.4 is 5.32 Å². The molecular weight excluding hydrogens is 220 g/mol. The van der Waals surface area contributed by atoms with Crippen LogP contribution in [0.4, 0.5) is 4.79 Å². The van der Waals surface area contributed by atoms with Crippen molar-refractivity contribution in [1.29, 1.82) is 0 Å². The first-order chi connectivity index (χ1) is 7.85. The smallest absolute Gasteiger partial charge is 0.410 e. The third kappa shape index (κ3) is 3.57. The maximum absolute atomic E-state index is 11.8. The normalized spacial score (nSPS) is 29.5. The summed E-state index contributed by atoms with van der Waals surface area (Å²) in [6, 6.07) is 0.531. The van der Waals surface area contributed by atoms with Crippen LogP contribution in [0.25, 0.3) is 0 Å². The molecule has 2 fully saturated rings. The van der Waals surface area contributed by atoms with Crippen LogP contribution in [0.5, 0.6) is 0 Å². The minimum Gasteiger partial charge on any atom is -0.444 e. The standard InChI is InChI=1S/C12H22N2O3/c1-12(2,3)17-11(16)14-6-9(10(15)7-14)13-8-4-5-8/h8-10,13,15H,4-7H2,1-3H3/t9-,10-/m1/s1. The van der Waals surface area contributed by atoms with Gasteiger partial charge >= 0.3 is 6.09 Å². The molecule has 1 aliphatic carbocycles. The maximum Gasteiger partial charge on any atom is 0.410 e. The zero-order valence-electron chi connectivity index (χ0n) is 10.8. The Morgan fingerprint density at radius 3 is 2.53 bits per heavy atom. The van der Waals surface area contributed by atoms with Crippen molar-refractivity contribution in [2.24, 2.45) is 0 Å². The van der Waals surface area contributed by atoms with Crippen molar-refractivity contribution in [3.63, 3.8) is 0 Å². The number of rotatable bonds is 2. The molecule has 2 atom stereocenters. The van der Waals surface area contributed by atoms with Gasteiger partial charge in [0.15, 0.2) is 0 Å². The second-order valence-electron chi connectivity index (χ2n) is 6.00.